The number of aromatic nitrogens is 1. The summed E-state index contributed by atoms with van der Waals surface area (Å²) in [6.07, 6.45) is 0. The third-order valence-electron chi connectivity index (χ3n) is 3.35. The fraction of sp³-hybridized carbons (Fsp3) is 0.312. The van der Waals surface area contributed by atoms with Crippen molar-refractivity contribution in [3.63, 3.8) is 0 Å². The number of aryl methyl sites for hydroxylation is 1. The van der Waals surface area contributed by atoms with Crippen LogP contribution in [0.5, 0.6) is 5.75 Å². The molecule has 1 aromatic heterocycles. The average Bonchev–Trinajstić information content (AvgIpc) is 2.56. The number of nitrogens with one attached hydrogen (secondary N) is 2. The van der Waals surface area contributed by atoms with E-state index in [0.29, 0.717) is 5.75 Å². The molecule has 0 saturated heterocycles. The quantitative estimate of drug-likeness (QED) is 0.313. The summed E-state index contributed by atoms with van der Waals surface area (Å²) in [5, 5.41) is 3.52. The number of hydrazine groups is 1. The van der Waals surface area contributed by atoms with Gasteiger partial charge in [-0.15, -0.1) is 11.8 Å². The molecule has 0 unspecified atom stereocenters. The van der Waals surface area contributed by atoms with Crippen LogP contribution in [0.25, 0.3) is 10.9 Å². The third-order valence-corrected chi connectivity index (χ3v) is 4.50. The van der Waals surface area contributed by atoms with Crippen molar-refractivity contribution in [3.05, 3.63) is 30.0 Å². The highest BCUT2D eigenvalue weighted by molar-refractivity contribution is 7.99. The lowest BCUT2D eigenvalue weighted by Gasteiger charge is -2.16. The molecule has 2 aromatic rings. The number of nitrogens with two attached hydrogens (primary N) is 1. The average molecular weight is 348 g/mol. The van der Waals surface area contributed by atoms with Crippen LogP contribution in [0.15, 0.2) is 29.2 Å². The predicted molar refractivity (Wildman–Crippen MR) is 93.7 cm³/mol. The first-order valence-corrected chi connectivity index (χ1v) is 8.29. The second-order valence-corrected chi connectivity index (χ2v) is 6.28. The minimum atomic E-state index is -0.716. The number of rotatable bonds is 6. The van der Waals surface area contributed by atoms with Gasteiger partial charge >= 0.3 is 0 Å². The van der Waals surface area contributed by atoms with Crippen LogP contribution in [-0.4, -0.2) is 35.7 Å². The largest absolute Gasteiger partial charge is 0.497 e. The van der Waals surface area contributed by atoms with Crippen LogP contribution in [-0.2, 0) is 9.59 Å². The van der Waals surface area contributed by atoms with E-state index in [9.17, 15) is 9.59 Å². The molecule has 0 bridgehead atoms. The Kier molecular flexibility index (Phi) is 5.99. The summed E-state index contributed by atoms with van der Waals surface area (Å²) in [4.78, 5) is 28.5. The maximum absolute atomic E-state index is 11.8. The van der Waals surface area contributed by atoms with Crippen molar-refractivity contribution in [1.82, 2.24) is 15.7 Å². The molecule has 8 heteroatoms. The van der Waals surface area contributed by atoms with Crippen LogP contribution in [0.4, 0.5) is 0 Å². The van der Waals surface area contributed by atoms with E-state index in [1.807, 2.05) is 31.2 Å². The van der Waals surface area contributed by atoms with Crippen LogP contribution in [0.1, 0.15) is 12.6 Å². The molecule has 2 amide bonds. The molecule has 0 spiro atoms. The molecule has 0 saturated carbocycles. The van der Waals surface area contributed by atoms with Crippen molar-refractivity contribution >= 4 is 34.5 Å². The molecule has 0 aliphatic heterocycles. The van der Waals surface area contributed by atoms with Crippen LogP contribution in [0, 0.1) is 6.92 Å². The standard InChI is InChI=1S/C16H20N4O3S/c1-9-6-15(12-7-11(23-3)4-5-13(12)18-9)24-8-14(16(22)20-17)19-10(2)21/h4-7,14H,8,17H2,1-3H3,(H,19,21)(H,20,22)/t14-/m1/s1. The van der Waals surface area contributed by atoms with Gasteiger partial charge in [-0.05, 0) is 31.2 Å². The number of carbonyl (C=O) groups is 2. The lowest BCUT2D eigenvalue weighted by molar-refractivity contribution is -0.127. The number of hydrogen-bond donors (Lipinski definition) is 3. The van der Waals surface area contributed by atoms with Crippen molar-refractivity contribution in [2.24, 2.45) is 5.84 Å². The molecule has 2 rings (SSSR count). The second-order valence-electron chi connectivity index (χ2n) is 5.22. The van der Waals surface area contributed by atoms with Gasteiger partial charge in [-0.1, -0.05) is 0 Å². The number of hydrogen-bond acceptors (Lipinski definition) is 6. The molecule has 128 valence electrons. The molecule has 0 aliphatic carbocycles. The molecular formula is C16H20N4O3S. The molecular weight excluding hydrogens is 328 g/mol. The van der Waals surface area contributed by atoms with Gasteiger partial charge in [-0.3, -0.25) is 20.0 Å². The normalized spacial score (nSPS) is 11.8. The zero-order valence-electron chi connectivity index (χ0n) is 13.8. The third kappa shape index (κ3) is 4.36. The molecule has 1 aromatic carbocycles. The smallest absolute Gasteiger partial charge is 0.257 e. The van der Waals surface area contributed by atoms with E-state index >= 15 is 0 Å². The lowest BCUT2D eigenvalue weighted by atomic mass is 10.2. The van der Waals surface area contributed by atoms with Gasteiger partial charge in [0.2, 0.25) is 5.91 Å². The highest BCUT2D eigenvalue weighted by atomic mass is 32.2. The van der Waals surface area contributed by atoms with E-state index in [1.165, 1.54) is 18.7 Å². The fourth-order valence-electron chi connectivity index (χ4n) is 2.25. The maximum atomic E-state index is 11.8. The lowest BCUT2D eigenvalue weighted by Crippen LogP contribution is -2.49. The molecule has 24 heavy (non-hydrogen) atoms. The number of methoxy groups -OCH3 is 1. The van der Waals surface area contributed by atoms with E-state index in [-0.39, 0.29) is 5.91 Å². The molecule has 0 fully saturated rings. The summed E-state index contributed by atoms with van der Waals surface area (Å²) in [5.74, 6) is 5.53. The Hall–Kier alpha value is -2.32. The first-order chi connectivity index (χ1) is 11.4. The van der Waals surface area contributed by atoms with E-state index in [2.05, 4.69) is 15.7 Å². The molecule has 1 atom stereocenters. The van der Waals surface area contributed by atoms with Crippen LogP contribution in [0.3, 0.4) is 0 Å². The number of thioether (sulfide) groups is 1. The summed E-state index contributed by atoms with van der Waals surface area (Å²) >= 11 is 1.45. The van der Waals surface area contributed by atoms with E-state index in [1.54, 1.807) is 7.11 Å². The SMILES string of the molecule is COc1ccc2nc(C)cc(SC[C@@H](NC(C)=O)C(=O)NN)c2c1. The van der Waals surface area contributed by atoms with Gasteiger partial charge in [-0.2, -0.15) is 0 Å². The minimum absolute atomic E-state index is 0.290. The number of carbonyl (C=O) groups excluding carboxylic acids is 2. The van der Waals surface area contributed by atoms with Gasteiger partial charge in [0.1, 0.15) is 11.8 Å². The Labute approximate surface area is 144 Å². The Morgan fingerprint density at radius 1 is 1.38 bits per heavy atom. The monoisotopic (exact) mass is 348 g/mol. The number of ether oxygens (including phenoxy) is 1. The van der Waals surface area contributed by atoms with E-state index < -0.39 is 11.9 Å². The van der Waals surface area contributed by atoms with Crippen molar-refractivity contribution in [2.45, 2.75) is 24.8 Å². The van der Waals surface area contributed by atoms with Gasteiger partial charge < -0.3 is 10.1 Å². The zero-order chi connectivity index (χ0) is 17.7. The number of fused-ring (bicyclic) bond motifs is 1. The Bertz CT molecular complexity index is 766. The van der Waals surface area contributed by atoms with E-state index in [4.69, 9.17) is 10.6 Å². The Morgan fingerprint density at radius 3 is 2.75 bits per heavy atom. The summed E-state index contributed by atoms with van der Waals surface area (Å²) in [5.41, 5.74) is 3.79. The number of amides is 2. The molecule has 1 heterocycles. The van der Waals surface area contributed by atoms with Crippen molar-refractivity contribution in [2.75, 3.05) is 12.9 Å². The summed E-state index contributed by atoms with van der Waals surface area (Å²) in [6, 6.07) is 6.87. The zero-order valence-corrected chi connectivity index (χ0v) is 14.6. The van der Waals surface area contributed by atoms with Gasteiger partial charge in [0.05, 0.1) is 12.6 Å². The summed E-state index contributed by atoms with van der Waals surface area (Å²) < 4.78 is 5.27. The molecule has 0 aliphatic rings. The fourth-order valence-corrected chi connectivity index (χ4v) is 3.40. The highest BCUT2D eigenvalue weighted by Crippen LogP contribution is 2.31. The Balaban J connectivity index is 2.30. The van der Waals surface area contributed by atoms with Gasteiger partial charge in [0.15, 0.2) is 0 Å². The molecule has 7 nitrogen and oxygen atoms in total. The van der Waals surface area contributed by atoms with Crippen molar-refractivity contribution in [1.29, 1.82) is 0 Å². The van der Waals surface area contributed by atoms with Crippen LogP contribution >= 0.6 is 11.8 Å². The topological polar surface area (TPSA) is 106 Å². The second kappa shape index (κ2) is 7.98. The molecule has 4 N–H and O–H groups in total. The van der Waals surface area contributed by atoms with Crippen molar-refractivity contribution in [3.8, 4) is 5.75 Å². The van der Waals surface area contributed by atoms with Gasteiger partial charge in [0.25, 0.3) is 5.91 Å². The number of nitrogens with zero attached hydrogens (tertiary/aromatic N) is 1. The minimum Gasteiger partial charge on any atom is -0.497 e. The summed E-state index contributed by atoms with van der Waals surface area (Å²) in [6.45, 7) is 3.27. The maximum Gasteiger partial charge on any atom is 0.257 e. The first kappa shape index (κ1) is 18.0. The van der Waals surface area contributed by atoms with Gasteiger partial charge in [-0.25, -0.2) is 5.84 Å². The van der Waals surface area contributed by atoms with Crippen LogP contribution in [0.2, 0.25) is 0 Å². The predicted octanol–water partition coefficient (Wildman–Crippen LogP) is 1.14. The Morgan fingerprint density at radius 2 is 2.12 bits per heavy atom. The van der Waals surface area contributed by atoms with E-state index in [0.717, 1.165) is 27.2 Å². The summed E-state index contributed by atoms with van der Waals surface area (Å²) in [7, 11) is 1.61. The number of pyridine rings is 1. The highest BCUT2D eigenvalue weighted by Gasteiger charge is 2.19. The number of benzene rings is 1. The first-order valence-electron chi connectivity index (χ1n) is 7.30. The van der Waals surface area contributed by atoms with Gasteiger partial charge in [0, 0.05) is 28.7 Å². The molecule has 0 radical (unpaired) electrons. The van der Waals surface area contributed by atoms with Crippen LogP contribution < -0.4 is 21.3 Å². The van der Waals surface area contributed by atoms with Crippen molar-refractivity contribution < 1.29 is 14.3 Å².